The van der Waals surface area contributed by atoms with E-state index in [1.807, 2.05) is 0 Å². The van der Waals surface area contributed by atoms with E-state index in [-0.39, 0.29) is 17.3 Å². The standard InChI is InChI=1S/C26H31F3N8O4S/c1-16-13-30-23(41-3)12-21(16)34-25-31-14-19(26(27,28)29)24(35-25)33-20-6-5-18(11-22(20)32-17(2)38)15-36-7-9-37(10-8-36)42(4,39)40/h5-6,11-14H,7-10,15H2,1-4H3,(H,32,38)(H2,30,31,33,34,35). The van der Waals surface area contributed by atoms with Crippen LogP contribution >= 0.6 is 0 Å². The van der Waals surface area contributed by atoms with Crippen molar-refractivity contribution in [3.63, 3.8) is 0 Å². The number of methoxy groups -OCH3 is 1. The molecule has 1 saturated heterocycles. The molecule has 42 heavy (non-hydrogen) atoms. The van der Waals surface area contributed by atoms with Gasteiger partial charge in [0.2, 0.25) is 27.8 Å². The number of hydrogen-bond donors (Lipinski definition) is 3. The van der Waals surface area contributed by atoms with E-state index in [9.17, 15) is 26.4 Å². The van der Waals surface area contributed by atoms with Crippen molar-refractivity contribution in [2.24, 2.45) is 0 Å². The monoisotopic (exact) mass is 608 g/mol. The van der Waals surface area contributed by atoms with E-state index in [4.69, 9.17) is 4.74 Å². The van der Waals surface area contributed by atoms with Gasteiger partial charge in [-0.25, -0.2) is 18.4 Å². The van der Waals surface area contributed by atoms with Crippen LogP contribution in [0.5, 0.6) is 5.88 Å². The molecule has 1 aromatic carbocycles. The van der Waals surface area contributed by atoms with Gasteiger partial charge in [-0.05, 0) is 30.2 Å². The molecule has 0 spiro atoms. The van der Waals surface area contributed by atoms with Gasteiger partial charge in [0.1, 0.15) is 11.4 Å². The number of carbonyl (C=O) groups is 1. The van der Waals surface area contributed by atoms with Gasteiger partial charge in [-0.3, -0.25) is 9.69 Å². The number of rotatable bonds is 9. The minimum atomic E-state index is -4.76. The van der Waals surface area contributed by atoms with Gasteiger partial charge in [-0.15, -0.1) is 0 Å². The lowest BCUT2D eigenvalue weighted by Gasteiger charge is -2.33. The topological polar surface area (TPSA) is 142 Å². The second-order valence-corrected chi connectivity index (χ2v) is 11.7. The van der Waals surface area contributed by atoms with E-state index in [1.54, 1.807) is 31.2 Å². The first-order valence-corrected chi connectivity index (χ1v) is 14.6. The van der Waals surface area contributed by atoms with Crippen molar-refractivity contribution in [3.05, 3.63) is 53.3 Å². The number of benzene rings is 1. The SMILES string of the molecule is COc1cc(Nc2ncc(C(F)(F)F)c(Nc3ccc(CN4CCN(S(C)(=O)=O)CC4)cc3NC(C)=O)n2)c(C)cn1. The first-order chi connectivity index (χ1) is 19.7. The van der Waals surface area contributed by atoms with Crippen LogP contribution in [0.15, 0.2) is 36.7 Å². The molecule has 2 aromatic heterocycles. The molecule has 16 heteroatoms. The quantitative estimate of drug-likeness (QED) is 0.329. The van der Waals surface area contributed by atoms with E-state index in [0.717, 1.165) is 5.56 Å². The molecule has 3 N–H and O–H groups in total. The summed E-state index contributed by atoms with van der Waals surface area (Å²) in [5.74, 6) is -0.742. The lowest BCUT2D eigenvalue weighted by Crippen LogP contribution is -2.47. The molecule has 1 amide bonds. The number of amides is 1. The predicted molar refractivity (Wildman–Crippen MR) is 152 cm³/mol. The average Bonchev–Trinajstić information content (AvgIpc) is 2.90. The van der Waals surface area contributed by atoms with Gasteiger partial charge in [-0.1, -0.05) is 6.07 Å². The lowest BCUT2D eigenvalue weighted by molar-refractivity contribution is -0.137. The number of alkyl halides is 3. The maximum atomic E-state index is 13.9. The van der Waals surface area contributed by atoms with Crippen molar-refractivity contribution in [2.45, 2.75) is 26.6 Å². The highest BCUT2D eigenvalue weighted by Crippen LogP contribution is 2.37. The predicted octanol–water partition coefficient (Wildman–Crippen LogP) is 3.73. The average molecular weight is 609 g/mol. The van der Waals surface area contributed by atoms with Crippen molar-refractivity contribution in [2.75, 3.05) is 55.5 Å². The van der Waals surface area contributed by atoms with Gasteiger partial charge in [0.25, 0.3) is 0 Å². The molecule has 1 aliphatic rings. The number of piperazine rings is 1. The number of ether oxygens (including phenoxy) is 1. The molecule has 3 heterocycles. The van der Waals surface area contributed by atoms with E-state index < -0.39 is 33.5 Å². The molecular weight excluding hydrogens is 577 g/mol. The van der Waals surface area contributed by atoms with E-state index in [2.05, 4.69) is 35.8 Å². The van der Waals surface area contributed by atoms with E-state index in [1.165, 1.54) is 30.8 Å². The Morgan fingerprint density at radius 1 is 1.02 bits per heavy atom. The van der Waals surface area contributed by atoms with E-state index >= 15 is 0 Å². The van der Waals surface area contributed by atoms with Gasteiger partial charge < -0.3 is 20.7 Å². The largest absolute Gasteiger partial charge is 0.481 e. The zero-order valence-electron chi connectivity index (χ0n) is 23.4. The van der Waals surface area contributed by atoms with Crippen molar-refractivity contribution in [1.29, 1.82) is 0 Å². The molecule has 0 aliphatic carbocycles. The van der Waals surface area contributed by atoms with Crippen LogP contribution in [0.4, 0.5) is 42.0 Å². The molecular formula is C26H31F3N8O4S. The Hall–Kier alpha value is -4.02. The maximum absolute atomic E-state index is 13.9. The fourth-order valence-electron chi connectivity index (χ4n) is 4.31. The second kappa shape index (κ2) is 12.5. The Morgan fingerprint density at radius 2 is 1.74 bits per heavy atom. The van der Waals surface area contributed by atoms with Gasteiger partial charge in [0, 0.05) is 58.1 Å². The Labute approximate surface area is 241 Å². The Kier molecular flexibility index (Phi) is 9.18. The molecule has 0 bridgehead atoms. The normalized spacial score (nSPS) is 14.8. The highest BCUT2D eigenvalue weighted by atomic mass is 32.2. The van der Waals surface area contributed by atoms with Crippen molar-refractivity contribution in [3.8, 4) is 5.88 Å². The molecule has 1 fully saturated rings. The summed E-state index contributed by atoms with van der Waals surface area (Å²) in [6.07, 6.45) is -1.38. The summed E-state index contributed by atoms with van der Waals surface area (Å²) < 4.78 is 71.9. The van der Waals surface area contributed by atoms with Gasteiger partial charge in [0.05, 0.1) is 30.4 Å². The highest BCUT2D eigenvalue weighted by molar-refractivity contribution is 7.88. The molecule has 0 atom stereocenters. The van der Waals surface area contributed by atoms with E-state index in [0.29, 0.717) is 56.1 Å². The summed E-state index contributed by atoms with van der Waals surface area (Å²) in [5, 5.41) is 8.28. The Balaban J connectivity index is 1.61. The molecule has 1 aliphatic heterocycles. The fraction of sp³-hybridized carbons (Fsp3) is 0.385. The minimum Gasteiger partial charge on any atom is -0.481 e. The van der Waals surface area contributed by atoms with Crippen molar-refractivity contribution < 1.29 is 31.1 Å². The smallest absolute Gasteiger partial charge is 0.421 e. The highest BCUT2D eigenvalue weighted by Gasteiger charge is 2.35. The summed E-state index contributed by atoms with van der Waals surface area (Å²) in [7, 11) is -1.83. The third-order valence-electron chi connectivity index (χ3n) is 6.48. The van der Waals surface area contributed by atoms with Crippen LogP contribution in [-0.2, 0) is 27.5 Å². The molecule has 226 valence electrons. The maximum Gasteiger partial charge on any atom is 0.421 e. The minimum absolute atomic E-state index is 0.104. The van der Waals surface area contributed by atoms with Crippen LogP contribution in [0.3, 0.4) is 0 Å². The number of sulfonamides is 1. The third-order valence-corrected chi connectivity index (χ3v) is 7.79. The summed E-state index contributed by atoms with van der Waals surface area (Å²) in [5.41, 5.74) is 1.31. The van der Waals surface area contributed by atoms with Crippen molar-refractivity contribution >= 4 is 44.8 Å². The zero-order valence-corrected chi connectivity index (χ0v) is 24.2. The zero-order chi connectivity index (χ0) is 30.7. The molecule has 0 unspecified atom stereocenters. The first-order valence-electron chi connectivity index (χ1n) is 12.8. The molecule has 4 rings (SSSR count). The summed E-state index contributed by atoms with van der Waals surface area (Å²) >= 11 is 0. The number of aryl methyl sites for hydroxylation is 1. The van der Waals surface area contributed by atoms with Crippen LogP contribution in [0.1, 0.15) is 23.6 Å². The van der Waals surface area contributed by atoms with Gasteiger partial charge in [0.15, 0.2) is 0 Å². The first kappa shape index (κ1) is 30.9. The Morgan fingerprint density at radius 3 is 2.36 bits per heavy atom. The fourth-order valence-corrected chi connectivity index (χ4v) is 5.14. The van der Waals surface area contributed by atoms with Gasteiger partial charge >= 0.3 is 6.18 Å². The molecule has 3 aromatic rings. The Bertz CT molecular complexity index is 1560. The number of anilines is 5. The van der Waals surface area contributed by atoms with Crippen LogP contribution in [0, 0.1) is 6.92 Å². The third kappa shape index (κ3) is 7.83. The van der Waals surface area contributed by atoms with Crippen LogP contribution in [-0.4, -0.2) is 78.0 Å². The van der Waals surface area contributed by atoms with Crippen molar-refractivity contribution in [1.82, 2.24) is 24.2 Å². The lowest BCUT2D eigenvalue weighted by atomic mass is 10.1. The number of pyridine rings is 1. The number of carbonyl (C=O) groups excluding carboxylic acids is 1. The molecule has 12 nitrogen and oxygen atoms in total. The van der Waals surface area contributed by atoms with Crippen LogP contribution < -0.4 is 20.7 Å². The number of nitrogens with zero attached hydrogens (tertiary/aromatic N) is 5. The molecule has 0 saturated carbocycles. The summed E-state index contributed by atoms with van der Waals surface area (Å²) in [6, 6.07) is 6.50. The number of hydrogen-bond acceptors (Lipinski definition) is 10. The van der Waals surface area contributed by atoms with Gasteiger partial charge in [-0.2, -0.15) is 22.5 Å². The number of nitrogens with one attached hydrogen (secondary N) is 3. The number of aromatic nitrogens is 3. The summed E-state index contributed by atoms with van der Waals surface area (Å²) in [6.45, 7) is 5.23. The van der Waals surface area contributed by atoms with Crippen LogP contribution in [0.25, 0.3) is 0 Å². The van der Waals surface area contributed by atoms with Crippen LogP contribution in [0.2, 0.25) is 0 Å². The summed E-state index contributed by atoms with van der Waals surface area (Å²) in [4.78, 5) is 26.1. The second-order valence-electron chi connectivity index (χ2n) is 9.74. The molecule has 0 radical (unpaired) electrons. The number of halogens is 3.